The van der Waals surface area contributed by atoms with Gasteiger partial charge in [-0.05, 0) is 48.6 Å². The molecule has 2 aromatic carbocycles. The number of aromatic nitrogens is 2. The zero-order valence-electron chi connectivity index (χ0n) is 17.2. The van der Waals surface area contributed by atoms with Crippen LogP contribution >= 0.6 is 11.6 Å². The van der Waals surface area contributed by atoms with E-state index in [-0.39, 0.29) is 35.0 Å². The first-order valence-corrected chi connectivity index (χ1v) is 10.5. The maximum atomic E-state index is 13.1. The van der Waals surface area contributed by atoms with Crippen LogP contribution in [0.15, 0.2) is 53.3 Å². The van der Waals surface area contributed by atoms with Crippen LogP contribution in [0.4, 0.5) is 11.5 Å². The molecule has 0 radical (unpaired) electrons. The summed E-state index contributed by atoms with van der Waals surface area (Å²) in [5, 5.41) is 6.22. The third-order valence-electron chi connectivity index (χ3n) is 5.50. The summed E-state index contributed by atoms with van der Waals surface area (Å²) < 4.78 is 1.35. The van der Waals surface area contributed by atoms with Crippen molar-refractivity contribution in [3.63, 3.8) is 0 Å². The minimum Gasteiger partial charge on any atom is -0.362 e. The molecular weight excluding hydrogens is 414 g/mol. The highest BCUT2D eigenvalue weighted by atomic mass is 35.5. The Morgan fingerprint density at radius 3 is 2.58 bits per heavy atom. The minimum atomic E-state index is -0.372. The summed E-state index contributed by atoms with van der Waals surface area (Å²) >= 11 is 6.29. The van der Waals surface area contributed by atoms with Gasteiger partial charge in [0.25, 0.3) is 5.56 Å². The van der Waals surface area contributed by atoms with E-state index in [9.17, 15) is 9.59 Å². The quantitative estimate of drug-likeness (QED) is 0.550. The average molecular weight is 438 g/mol. The Hall–Kier alpha value is -3.16. The standard InChI is InChI=1S/C23H24ClN5O2/c1-14-21(24)28-22(27-19-10-16-6-2-3-7-17(16)11-19)23(31)29(14)13-20(30)26-18-8-4-5-15(9-18)12-25/h2-9,19H,10-13,25H2,1H3,(H,26,30)(H,27,28). The van der Waals surface area contributed by atoms with Gasteiger partial charge in [0, 0.05) is 18.3 Å². The largest absolute Gasteiger partial charge is 0.362 e. The lowest BCUT2D eigenvalue weighted by atomic mass is 10.1. The number of carbonyl (C=O) groups is 1. The molecule has 1 aliphatic carbocycles. The first kappa shape index (κ1) is 21.1. The molecule has 0 atom stereocenters. The van der Waals surface area contributed by atoms with E-state index in [1.807, 2.05) is 24.3 Å². The van der Waals surface area contributed by atoms with Gasteiger partial charge in [0.1, 0.15) is 6.54 Å². The molecule has 31 heavy (non-hydrogen) atoms. The number of nitrogens with zero attached hydrogens (tertiary/aromatic N) is 2. The van der Waals surface area contributed by atoms with Crippen molar-refractivity contribution in [2.45, 2.75) is 38.9 Å². The third kappa shape index (κ3) is 4.62. The molecule has 0 spiro atoms. The molecule has 4 N–H and O–H groups in total. The second kappa shape index (κ2) is 8.91. The molecule has 1 heterocycles. The molecule has 1 amide bonds. The predicted molar refractivity (Wildman–Crippen MR) is 122 cm³/mol. The molecule has 1 aliphatic rings. The molecule has 7 nitrogen and oxygen atoms in total. The Balaban J connectivity index is 1.52. The predicted octanol–water partition coefficient (Wildman–Crippen LogP) is 2.88. The number of fused-ring (bicyclic) bond motifs is 1. The van der Waals surface area contributed by atoms with Crippen LogP contribution in [-0.4, -0.2) is 21.5 Å². The summed E-state index contributed by atoms with van der Waals surface area (Å²) in [6.45, 7) is 1.88. The molecule has 3 aromatic rings. The maximum absolute atomic E-state index is 13.1. The summed E-state index contributed by atoms with van der Waals surface area (Å²) in [6, 6.07) is 15.5. The number of amides is 1. The van der Waals surface area contributed by atoms with Crippen molar-refractivity contribution in [1.82, 2.24) is 9.55 Å². The molecule has 0 saturated carbocycles. The van der Waals surface area contributed by atoms with Crippen molar-refractivity contribution < 1.29 is 4.79 Å². The van der Waals surface area contributed by atoms with Crippen LogP contribution in [0, 0.1) is 6.92 Å². The second-order valence-corrected chi connectivity index (χ2v) is 8.06. The van der Waals surface area contributed by atoms with Crippen LogP contribution < -0.4 is 21.9 Å². The fraction of sp³-hybridized carbons (Fsp3) is 0.261. The zero-order valence-corrected chi connectivity index (χ0v) is 17.9. The molecule has 0 saturated heterocycles. The van der Waals surface area contributed by atoms with Gasteiger partial charge in [-0.1, -0.05) is 48.0 Å². The first-order chi connectivity index (χ1) is 14.9. The van der Waals surface area contributed by atoms with E-state index in [4.69, 9.17) is 17.3 Å². The summed E-state index contributed by atoms with van der Waals surface area (Å²) in [5.41, 5.74) is 9.78. The van der Waals surface area contributed by atoms with Gasteiger partial charge < -0.3 is 16.4 Å². The van der Waals surface area contributed by atoms with E-state index in [2.05, 4.69) is 27.8 Å². The van der Waals surface area contributed by atoms with Crippen molar-refractivity contribution in [3.8, 4) is 0 Å². The Bertz CT molecular complexity index is 1170. The van der Waals surface area contributed by atoms with Gasteiger partial charge in [0.15, 0.2) is 11.0 Å². The SMILES string of the molecule is Cc1c(Cl)nc(NC2Cc3ccccc3C2)c(=O)n1CC(=O)Nc1cccc(CN)c1. The van der Waals surface area contributed by atoms with Crippen molar-refractivity contribution in [1.29, 1.82) is 0 Å². The average Bonchev–Trinajstić information content (AvgIpc) is 3.17. The first-order valence-electron chi connectivity index (χ1n) is 10.1. The summed E-state index contributed by atoms with van der Waals surface area (Å²) in [7, 11) is 0. The molecular formula is C23H24ClN5O2. The van der Waals surface area contributed by atoms with E-state index in [0.717, 1.165) is 18.4 Å². The number of nitrogens with one attached hydrogen (secondary N) is 2. The van der Waals surface area contributed by atoms with Crippen LogP contribution in [0.2, 0.25) is 5.15 Å². The van der Waals surface area contributed by atoms with Gasteiger partial charge in [-0.15, -0.1) is 0 Å². The molecule has 1 aromatic heterocycles. The third-order valence-corrected chi connectivity index (χ3v) is 5.86. The van der Waals surface area contributed by atoms with Gasteiger partial charge in [-0.2, -0.15) is 0 Å². The number of carbonyl (C=O) groups excluding carboxylic acids is 1. The Morgan fingerprint density at radius 2 is 1.90 bits per heavy atom. The summed E-state index contributed by atoms with van der Waals surface area (Å²) in [4.78, 5) is 29.9. The van der Waals surface area contributed by atoms with Gasteiger partial charge in [-0.25, -0.2) is 4.98 Å². The van der Waals surface area contributed by atoms with Gasteiger partial charge in [0.2, 0.25) is 5.91 Å². The molecule has 0 aliphatic heterocycles. The van der Waals surface area contributed by atoms with Gasteiger partial charge in [0.05, 0.1) is 5.69 Å². The van der Waals surface area contributed by atoms with Gasteiger partial charge >= 0.3 is 0 Å². The topological polar surface area (TPSA) is 102 Å². The van der Waals surface area contributed by atoms with E-state index in [0.29, 0.717) is 17.9 Å². The van der Waals surface area contributed by atoms with Crippen molar-refractivity contribution in [3.05, 3.63) is 86.4 Å². The number of hydrogen-bond acceptors (Lipinski definition) is 5. The lowest BCUT2D eigenvalue weighted by Crippen LogP contribution is -2.34. The van der Waals surface area contributed by atoms with E-state index in [1.165, 1.54) is 15.7 Å². The Morgan fingerprint density at radius 1 is 1.19 bits per heavy atom. The maximum Gasteiger partial charge on any atom is 0.294 e. The lowest BCUT2D eigenvalue weighted by molar-refractivity contribution is -0.116. The zero-order chi connectivity index (χ0) is 22.0. The smallest absolute Gasteiger partial charge is 0.294 e. The minimum absolute atomic E-state index is 0.0534. The second-order valence-electron chi connectivity index (χ2n) is 7.70. The lowest BCUT2D eigenvalue weighted by Gasteiger charge is -2.17. The van der Waals surface area contributed by atoms with Crippen LogP contribution in [-0.2, 0) is 30.7 Å². The van der Waals surface area contributed by atoms with Crippen molar-refractivity contribution >= 4 is 29.0 Å². The molecule has 4 rings (SSSR count). The van der Waals surface area contributed by atoms with Crippen LogP contribution in [0.25, 0.3) is 0 Å². The number of halogens is 1. The Labute approximate surface area is 185 Å². The molecule has 160 valence electrons. The number of benzene rings is 2. The molecule has 0 unspecified atom stereocenters. The molecule has 8 heteroatoms. The van der Waals surface area contributed by atoms with E-state index < -0.39 is 0 Å². The normalized spacial score (nSPS) is 13.1. The number of nitrogens with two attached hydrogens (primary N) is 1. The van der Waals surface area contributed by atoms with E-state index >= 15 is 0 Å². The van der Waals surface area contributed by atoms with E-state index in [1.54, 1.807) is 19.1 Å². The Kier molecular flexibility index (Phi) is 6.06. The fourth-order valence-corrected chi connectivity index (χ4v) is 4.06. The summed E-state index contributed by atoms with van der Waals surface area (Å²) in [6.07, 6.45) is 1.61. The fourth-order valence-electron chi connectivity index (χ4n) is 3.88. The van der Waals surface area contributed by atoms with Crippen LogP contribution in [0.3, 0.4) is 0 Å². The number of hydrogen-bond donors (Lipinski definition) is 3. The van der Waals surface area contributed by atoms with Crippen molar-refractivity contribution in [2.24, 2.45) is 5.73 Å². The highest BCUT2D eigenvalue weighted by Crippen LogP contribution is 2.24. The number of anilines is 2. The highest BCUT2D eigenvalue weighted by Gasteiger charge is 2.23. The summed E-state index contributed by atoms with van der Waals surface area (Å²) in [5.74, 6) is -0.174. The van der Waals surface area contributed by atoms with Crippen LogP contribution in [0.1, 0.15) is 22.4 Å². The molecule has 0 fully saturated rings. The molecule has 0 bridgehead atoms. The monoisotopic (exact) mass is 437 g/mol. The highest BCUT2D eigenvalue weighted by molar-refractivity contribution is 6.30. The van der Waals surface area contributed by atoms with Gasteiger partial charge in [-0.3, -0.25) is 14.2 Å². The van der Waals surface area contributed by atoms with Crippen molar-refractivity contribution in [2.75, 3.05) is 10.6 Å². The van der Waals surface area contributed by atoms with Crippen LogP contribution in [0.5, 0.6) is 0 Å². The number of rotatable bonds is 6.